The fraction of sp³-hybridized carbons (Fsp3) is 0.800. The highest BCUT2D eigenvalue weighted by atomic mass is 16.2. The Kier molecular flexibility index (Phi) is 1.90. The number of hydrogen-bond acceptors (Lipinski definition) is 2. The van der Waals surface area contributed by atoms with Gasteiger partial charge in [0.25, 0.3) is 0 Å². The Bertz CT molecular complexity index is 282. The second-order valence-corrected chi connectivity index (χ2v) is 4.89. The molecule has 0 saturated carbocycles. The maximum atomic E-state index is 11.8. The Hall–Kier alpha value is -0.860. The number of piperidine rings is 1. The van der Waals surface area contributed by atoms with E-state index in [0.717, 1.165) is 0 Å². The largest absolute Gasteiger partial charge is 0.296 e. The minimum absolute atomic E-state index is 0.218. The molecule has 1 fully saturated rings. The molecule has 2 amide bonds. The van der Waals surface area contributed by atoms with Crippen molar-refractivity contribution in [2.45, 2.75) is 40.5 Å². The summed E-state index contributed by atoms with van der Waals surface area (Å²) in [4.78, 5) is 23.0. The molecular formula is C10H17NO2. The van der Waals surface area contributed by atoms with Crippen molar-refractivity contribution in [2.24, 2.45) is 10.8 Å². The Labute approximate surface area is 80.4 Å². The topological polar surface area (TPSA) is 46.2 Å². The molecule has 1 aliphatic rings. The van der Waals surface area contributed by atoms with Gasteiger partial charge in [0.1, 0.15) is 0 Å². The maximum absolute atomic E-state index is 11.8. The zero-order valence-corrected chi connectivity index (χ0v) is 8.68. The molecule has 1 N–H and O–H groups in total. The van der Waals surface area contributed by atoms with Gasteiger partial charge in [-0.05, 0) is 11.8 Å². The summed E-state index contributed by atoms with van der Waals surface area (Å²) in [6.07, 6.45) is 0.840. The quantitative estimate of drug-likeness (QED) is 0.579. The van der Waals surface area contributed by atoms with Crippen LogP contribution in [0.1, 0.15) is 40.5 Å². The highest BCUT2D eigenvalue weighted by Gasteiger charge is 2.46. The lowest BCUT2D eigenvalue weighted by Gasteiger charge is -2.42. The zero-order valence-electron chi connectivity index (χ0n) is 9.68. The molecule has 1 unspecified atom stereocenters. The van der Waals surface area contributed by atoms with Crippen molar-refractivity contribution in [3.63, 3.8) is 0 Å². The van der Waals surface area contributed by atoms with Gasteiger partial charge < -0.3 is 0 Å². The zero-order chi connectivity index (χ0) is 11.1. The molecule has 1 atom stereocenters. The Morgan fingerprint density at radius 3 is 2.46 bits per heavy atom. The molecule has 1 rings (SSSR count). The van der Waals surface area contributed by atoms with Crippen LogP contribution in [0.2, 0.25) is 1.41 Å². The first kappa shape index (κ1) is 8.73. The molecule has 74 valence electrons. The highest BCUT2D eigenvalue weighted by molar-refractivity contribution is 6.00. The Balaban J connectivity index is 3.04. The van der Waals surface area contributed by atoms with Gasteiger partial charge in [0, 0.05) is 6.42 Å². The predicted molar refractivity (Wildman–Crippen MR) is 49.9 cm³/mol. The molecule has 0 aliphatic carbocycles. The van der Waals surface area contributed by atoms with Crippen molar-refractivity contribution in [3.05, 3.63) is 0 Å². The smallest absolute Gasteiger partial charge is 0.233 e. The second-order valence-electron chi connectivity index (χ2n) is 4.89. The summed E-state index contributed by atoms with van der Waals surface area (Å²) in [5, 5.41) is 0.523. The molecular weight excluding hydrogens is 166 g/mol. The van der Waals surface area contributed by atoms with Crippen LogP contribution in [0, 0.1) is 10.8 Å². The Morgan fingerprint density at radius 1 is 1.46 bits per heavy atom. The van der Waals surface area contributed by atoms with Gasteiger partial charge in [-0.15, -0.1) is 0 Å². The van der Waals surface area contributed by atoms with Gasteiger partial charge >= 0.3 is 0 Å². The van der Waals surface area contributed by atoms with Crippen molar-refractivity contribution in [1.29, 1.82) is 0 Å². The third-order valence-electron chi connectivity index (χ3n) is 3.19. The van der Waals surface area contributed by atoms with E-state index in [0.29, 0.717) is 18.2 Å². The molecule has 13 heavy (non-hydrogen) atoms. The third-order valence-corrected chi connectivity index (χ3v) is 3.19. The van der Waals surface area contributed by atoms with Crippen LogP contribution in [0.25, 0.3) is 0 Å². The SMILES string of the molecule is [2H]N1C(=O)CCC(C)(C(C)(C)C)C1=O. The van der Waals surface area contributed by atoms with Crippen LogP contribution in [-0.2, 0) is 9.59 Å². The van der Waals surface area contributed by atoms with E-state index >= 15 is 0 Å². The fourth-order valence-corrected chi connectivity index (χ4v) is 1.45. The van der Waals surface area contributed by atoms with Crippen LogP contribution in [0.3, 0.4) is 0 Å². The summed E-state index contributed by atoms with van der Waals surface area (Å²) < 4.78 is 7.35. The van der Waals surface area contributed by atoms with Gasteiger partial charge in [0.15, 0.2) is 1.41 Å². The first-order valence-corrected chi connectivity index (χ1v) is 4.56. The summed E-state index contributed by atoms with van der Waals surface area (Å²) in [6.45, 7) is 7.74. The monoisotopic (exact) mass is 184 g/mol. The lowest BCUT2D eigenvalue weighted by atomic mass is 9.63. The molecule has 1 aliphatic heterocycles. The van der Waals surface area contributed by atoms with Gasteiger partial charge in [0.2, 0.25) is 11.8 Å². The summed E-state index contributed by atoms with van der Waals surface area (Å²) in [6, 6.07) is 0. The minimum Gasteiger partial charge on any atom is -0.296 e. The molecule has 1 saturated heterocycles. The summed E-state index contributed by atoms with van der Waals surface area (Å²) in [5.74, 6) is -0.766. The van der Waals surface area contributed by atoms with Crippen LogP contribution in [0.5, 0.6) is 0 Å². The van der Waals surface area contributed by atoms with Gasteiger partial charge in [0.05, 0.1) is 5.41 Å². The van der Waals surface area contributed by atoms with Crippen LogP contribution in [0.4, 0.5) is 0 Å². The molecule has 0 spiro atoms. The molecule has 0 aromatic rings. The van der Waals surface area contributed by atoms with Crippen molar-refractivity contribution >= 4 is 11.8 Å². The third kappa shape index (κ3) is 1.60. The number of carbonyl (C=O) groups is 2. The first-order valence-electron chi connectivity index (χ1n) is 5.01. The molecule has 3 heteroatoms. The average Bonchev–Trinajstić information content (AvgIpc) is 2.06. The molecule has 3 nitrogen and oxygen atoms in total. The lowest BCUT2D eigenvalue weighted by molar-refractivity contribution is -0.146. The number of hydrogen-bond donors (Lipinski definition) is 1. The van der Waals surface area contributed by atoms with E-state index in [1.807, 2.05) is 27.7 Å². The van der Waals surface area contributed by atoms with E-state index in [4.69, 9.17) is 1.41 Å². The van der Waals surface area contributed by atoms with E-state index in [2.05, 4.69) is 0 Å². The van der Waals surface area contributed by atoms with Crippen molar-refractivity contribution < 1.29 is 11.0 Å². The number of rotatable bonds is 0. The maximum Gasteiger partial charge on any atom is 0.233 e. The van der Waals surface area contributed by atoms with Gasteiger partial charge in [-0.1, -0.05) is 27.7 Å². The standard InChI is InChI=1S/C10H17NO2/c1-9(2,3)10(4)6-5-7(12)11-8(10)13/h5-6H2,1-4H3,(H,11,12,13)/i/hD. The fourth-order valence-electron chi connectivity index (χ4n) is 1.45. The average molecular weight is 184 g/mol. The van der Waals surface area contributed by atoms with Crippen LogP contribution in [-0.4, -0.2) is 11.8 Å². The molecule has 0 radical (unpaired) electrons. The number of amides is 2. The molecule has 1 heterocycles. The first-order chi connectivity index (χ1) is 6.20. The van der Waals surface area contributed by atoms with Gasteiger partial charge in [-0.2, -0.15) is 0 Å². The van der Waals surface area contributed by atoms with Crippen LogP contribution < -0.4 is 5.31 Å². The van der Waals surface area contributed by atoms with Crippen molar-refractivity contribution in [3.8, 4) is 0 Å². The van der Waals surface area contributed by atoms with Crippen LogP contribution in [0.15, 0.2) is 0 Å². The summed E-state index contributed by atoms with van der Waals surface area (Å²) in [7, 11) is 0. The van der Waals surface area contributed by atoms with E-state index < -0.39 is 11.3 Å². The van der Waals surface area contributed by atoms with Crippen molar-refractivity contribution in [2.75, 3.05) is 0 Å². The predicted octanol–water partition coefficient (Wildman–Crippen LogP) is 1.48. The normalized spacial score (nSPS) is 32.0. The van der Waals surface area contributed by atoms with Gasteiger partial charge in [-0.3, -0.25) is 14.9 Å². The summed E-state index contributed by atoms with van der Waals surface area (Å²) in [5.41, 5.74) is -0.813. The Morgan fingerprint density at radius 2 is 2.00 bits per heavy atom. The van der Waals surface area contributed by atoms with E-state index in [1.165, 1.54) is 0 Å². The minimum atomic E-state index is -0.595. The lowest BCUT2D eigenvalue weighted by Crippen LogP contribution is -2.53. The molecule has 0 aromatic heterocycles. The van der Waals surface area contributed by atoms with E-state index in [1.54, 1.807) is 0 Å². The second kappa shape index (κ2) is 2.82. The number of imide groups is 1. The van der Waals surface area contributed by atoms with Gasteiger partial charge in [-0.25, -0.2) is 0 Å². The van der Waals surface area contributed by atoms with E-state index in [-0.39, 0.29) is 11.3 Å². The number of carbonyl (C=O) groups excluding carboxylic acids is 2. The van der Waals surface area contributed by atoms with Crippen molar-refractivity contribution in [1.82, 2.24) is 5.31 Å². The molecule has 0 bridgehead atoms. The molecule has 0 aromatic carbocycles. The van der Waals surface area contributed by atoms with E-state index in [9.17, 15) is 9.59 Å². The highest BCUT2D eigenvalue weighted by Crippen LogP contribution is 2.43. The van der Waals surface area contributed by atoms with Crippen LogP contribution >= 0.6 is 0 Å². The number of nitrogens with one attached hydrogen (secondary N) is 1. The summed E-state index contributed by atoms with van der Waals surface area (Å²) >= 11 is 0.